The molecule has 4 rings (SSSR count). The molecule has 0 bridgehead atoms. The number of hydrogen-bond donors (Lipinski definition) is 1. The van der Waals surface area contributed by atoms with E-state index in [4.69, 9.17) is 4.74 Å². The van der Waals surface area contributed by atoms with E-state index in [1.807, 2.05) is 77.5 Å². The van der Waals surface area contributed by atoms with Crippen molar-refractivity contribution >= 4 is 22.7 Å². The lowest BCUT2D eigenvalue weighted by Gasteiger charge is -2.06. The van der Waals surface area contributed by atoms with Crippen molar-refractivity contribution in [3.63, 3.8) is 0 Å². The van der Waals surface area contributed by atoms with Crippen molar-refractivity contribution in [2.45, 2.75) is 0 Å². The Kier molecular flexibility index (Phi) is 4.00. The highest BCUT2D eigenvalue weighted by atomic mass is 16.5. The van der Waals surface area contributed by atoms with Gasteiger partial charge in [-0.15, -0.1) is 0 Å². The summed E-state index contributed by atoms with van der Waals surface area (Å²) in [6.07, 6.45) is 3.81. The van der Waals surface area contributed by atoms with E-state index in [2.05, 4.69) is 16.0 Å². The molecule has 0 spiro atoms. The highest BCUT2D eigenvalue weighted by Gasteiger charge is 2.10. The number of aromatic amines is 1. The molecule has 0 aliphatic carbocycles. The largest absolute Gasteiger partial charge is 0.497 e. The maximum atomic E-state index is 9.65. The third-order valence-corrected chi connectivity index (χ3v) is 4.17. The molecule has 1 N–H and O–H groups in total. The fraction of sp³-hybridized carbons (Fsp3) is 0.0476. The highest BCUT2D eigenvalue weighted by molar-refractivity contribution is 5.90. The van der Waals surface area contributed by atoms with E-state index in [1.165, 1.54) is 0 Å². The van der Waals surface area contributed by atoms with Gasteiger partial charge in [0.2, 0.25) is 0 Å². The predicted octanol–water partition coefficient (Wildman–Crippen LogP) is 4.43. The van der Waals surface area contributed by atoms with Gasteiger partial charge >= 0.3 is 0 Å². The molecule has 0 saturated carbocycles. The van der Waals surface area contributed by atoms with Crippen LogP contribution in [-0.2, 0) is 0 Å². The average Bonchev–Trinajstić information content (AvgIpc) is 3.32. The van der Waals surface area contributed by atoms with Crippen LogP contribution >= 0.6 is 0 Å². The molecule has 0 aliphatic heterocycles. The molecule has 5 nitrogen and oxygen atoms in total. The van der Waals surface area contributed by atoms with Gasteiger partial charge < -0.3 is 14.3 Å². The van der Waals surface area contributed by atoms with E-state index in [-0.39, 0.29) is 0 Å². The highest BCUT2D eigenvalue weighted by Crippen LogP contribution is 2.23. The molecule has 2 heterocycles. The minimum absolute atomic E-state index is 0.469. The van der Waals surface area contributed by atoms with Crippen LogP contribution in [0.15, 0.2) is 66.9 Å². The molecule has 0 atom stereocenters. The van der Waals surface area contributed by atoms with Gasteiger partial charge in [-0.25, -0.2) is 4.98 Å². The molecule has 26 heavy (non-hydrogen) atoms. The number of nitrogens with one attached hydrogen (secondary N) is 1. The van der Waals surface area contributed by atoms with E-state index < -0.39 is 0 Å². The predicted molar refractivity (Wildman–Crippen MR) is 102 cm³/mol. The van der Waals surface area contributed by atoms with Crippen LogP contribution in [0.4, 0.5) is 0 Å². The van der Waals surface area contributed by atoms with Gasteiger partial charge in [0.05, 0.1) is 23.7 Å². The molecule has 4 aromatic rings. The number of fused-ring (bicyclic) bond motifs is 1. The number of ether oxygens (including phenoxy) is 1. The second-order valence-electron chi connectivity index (χ2n) is 5.78. The van der Waals surface area contributed by atoms with Crippen LogP contribution in [0.1, 0.15) is 11.5 Å². The number of nitriles is 1. The first-order valence-corrected chi connectivity index (χ1v) is 8.17. The Morgan fingerprint density at radius 1 is 1.15 bits per heavy atom. The standard InChI is InChI=1S/C21H16N4O/c1-26-18-9-10-19-20(13-18)24-21(23-19)15(14-22)12-17-8-5-11-25(17)16-6-3-2-4-7-16/h2-13H,1H3,(H,23,24)/b15-12+. The number of methoxy groups -OCH3 is 1. The molecule has 0 aliphatic rings. The average molecular weight is 340 g/mol. The SMILES string of the molecule is COc1ccc2nc(/C(C#N)=C/c3cccn3-c3ccccc3)[nH]c2c1. The lowest BCUT2D eigenvalue weighted by molar-refractivity contribution is 0.415. The molecule has 0 saturated heterocycles. The molecule has 0 radical (unpaired) electrons. The third-order valence-electron chi connectivity index (χ3n) is 4.17. The number of rotatable bonds is 4. The lowest BCUT2D eigenvalue weighted by Crippen LogP contribution is -1.95. The lowest BCUT2D eigenvalue weighted by atomic mass is 10.2. The maximum absolute atomic E-state index is 9.65. The Balaban J connectivity index is 1.77. The van der Waals surface area contributed by atoms with Crippen LogP contribution in [0.2, 0.25) is 0 Å². The molecule has 126 valence electrons. The van der Waals surface area contributed by atoms with E-state index in [0.29, 0.717) is 11.4 Å². The van der Waals surface area contributed by atoms with Crippen molar-refractivity contribution in [2.75, 3.05) is 7.11 Å². The second kappa shape index (κ2) is 6.61. The Hall–Kier alpha value is -3.78. The van der Waals surface area contributed by atoms with Crippen molar-refractivity contribution in [1.29, 1.82) is 5.26 Å². The number of hydrogen-bond acceptors (Lipinski definition) is 3. The van der Waals surface area contributed by atoms with Crippen molar-refractivity contribution < 1.29 is 4.74 Å². The molecule has 2 aromatic heterocycles. The third kappa shape index (κ3) is 2.85. The summed E-state index contributed by atoms with van der Waals surface area (Å²) < 4.78 is 7.27. The number of H-pyrrole nitrogens is 1. The molecule has 0 fully saturated rings. The van der Waals surface area contributed by atoms with Gasteiger partial charge in [0.1, 0.15) is 17.6 Å². The Morgan fingerprint density at radius 3 is 2.77 bits per heavy atom. The van der Waals surface area contributed by atoms with Crippen LogP contribution in [0.3, 0.4) is 0 Å². The zero-order valence-electron chi connectivity index (χ0n) is 14.2. The van der Waals surface area contributed by atoms with Gasteiger partial charge in [0, 0.05) is 23.6 Å². The summed E-state index contributed by atoms with van der Waals surface area (Å²) in [5.41, 5.74) is 4.04. The first-order chi connectivity index (χ1) is 12.8. The van der Waals surface area contributed by atoms with Crippen LogP contribution in [0.5, 0.6) is 5.75 Å². The zero-order chi connectivity index (χ0) is 17.9. The Bertz CT molecular complexity index is 1130. The van der Waals surface area contributed by atoms with Crippen LogP contribution in [-0.4, -0.2) is 21.6 Å². The van der Waals surface area contributed by atoms with Crippen molar-refractivity contribution in [3.05, 3.63) is 78.4 Å². The zero-order valence-corrected chi connectivity index (χ0v) is 14.2. The van der Waals surface area contributed by atoms with Gasteiger partial charge in [0.15, 0.2) is 0 Å². The fourth-order valence-corrected chi connectivity index (χ4v) is 2.88. The number of benzene rings is 2. The Labute approximate surface area is 150 Å². The van der Waals surface area contributed by atoms with Crippen molar-refractivity contribution in [1.82, 2.24) is 14.5 Å². The number of imidazole rings is 1. The molecule has 0 unspecified atom stereocenters. The van der Waals surface area contributed by atoms with E-state index >= 15 is 0 Å². The second-order valence-corrected chi connectivity index (χ2v) is 5.78. The first-order valence-electron chi connectivity index (χ1n) is 8.17. The van der Waals surface area contributed by atoms with Crippen molar-refractivity contribution in [2.24, 2.45) is 0 Å². The van der Waals surface area contributed by atoms with Crippen LogP contribution in [0.25, 0.3) is 28.4 Å². The first kappa shape index (κ1) is 15.7. The molecule has 5 heteroatoms. The number of allylic oxidation sites excluding steroid dienone is 1. The van der Waals surface area contributed by atoms with E-state index in [0.717, 1.165) is 28.2 Å². The van der Waals surface area contributed by atoms with E-state index in [1.54, 1.807) is 7.11 Å². The van der Waals surface area contributed by atoms with Crippen LogP contribution < -0.4 is 4.74 Å². The summed E-state index contributed by atoms with van der Waals surface area (Å²) in [6.45, 7) is 0. The molecular formula is C21H16N4O. The maximum Gasteiger partial charge on any atom is 0.149 e. The number of para-hydroxylation sites is 1. The van der Waals surface area contributed by atoms with Gasteiger partial charge in [-0.2, -0.15) is 5.26 Å². The van der Waals surface area contributed by atoms with Gasteiger partial charge in [0.25, 0.3) is 0 Å². The normalized spacial score (nSPS) is 11.5. The molecule has 2 aromatic carbocycles. The topological polar surface area (TPSA) is 66.6 Å². The molecule has 0 amide bonds. The summed E-state index contributed by atoms with van der Waals surface area (Å²) in [5, 5.41) is 9.65. The minimum atomic E-state index is 0.469. The van der Waals surface area contributed by atoms with Crippen molar-refractivity contribution in [3.8, 4) is 17.5 Å². The monoisotopic (exact) mass is 340 g/mol. The van der Waals surface area contributed by atoms with Crippen LogP contribution in [0, 0.1) is 11.3 Å². The number of nitrogens with zero attached hydrogens (tertiary/aromatic N) is 3. The summed E-state index contributed by atoms with van der Waals surface area (Å²) in [7, 11) is 1.62. The summed E-state index contributed by atoms with van der Waals surface area (Å²) in [4.78, 5) is 7.73. The summed E-state index contributed by atoms with van der Waals surface area (Å²) >= 11 is 0. The molecular weight excluding hydrogens is 324 g/mol. The summed E-state index contributed by atoms with van der Waals surface area (Å²) in [5.74, 6) is 1.28. The smallest absolute Gasteiger partial charge is 0.149 e. The van der Waals surface area contributed by atoms with Gasteiger partial charge in [-0.1, -0.05) is 18.2 Å². The number of aromatic nitrogens is 3. The quantitative estimate of drug-likeness (QED) is 0.559. The Morgan fingerprint density at radius 2 is 2.00 bits per heavy atom. The minimum Gasteiger partial charge on any atom is -0.497 e. The van der Waals surface area contributed by atoms with Gasteiger partial charge in [-0.05, 0) is 42.5 Å². The van der Waals surface area contributed by atoms with Gasteiger partial charge in [-0.3, -0.25) is 0 Å². The van der Waals surface area contributed by atoms with E-state index in [9.17, 15) is 5.26 Å². The fourth-order valence-electron chi connectivity index (χ4n) is 2.88. The summed E-state index contributed by atoms with van der Waals surface area (Å²) in [6, 6.07) is 21.8.